The maximum atomic E-state index is 12.9. The molecule has 118 valence electrons. The summed E-state index contributed by atoms with van der Waals surface area (Å²) in [6, 6.07) is 12.0. The summed E-state index contributed by atoms with van der Waals surface area (Å²) in [4.78, 5) is 19.5. The standard InChI is InChI=1S/C18H15N5O/c1-10(2)15-16(14-7-11-5-3-4-6-13(11)21-14)22-17-12(8-19)9-20-23(17)18(15)24/h3-7,9-10,21-22H,1-2H3. The Morgan fingerprint density at radius 3 is 2.75 bits per heavy atom. The number of nitrogens with zero attached hydrogens (tertiary/aromatic N) is 3. The van der Waals surface area contributed by atoms with Crippen molar-refractivity contribution in [1.82, 2.24) is 19.6 Å². The number of nitriles is 1. The van der Waals surface area contributed by atoms with E-state index in [1.807, 2.05) is 44.2 Å². The van der Waals surface area contributed by atoms with E-state index in [0.717, 1.165) is 16.6 Å². The summed E-state index contributed by atoms with van der Waals surface area (Å²) < 4.78 is 1.26. The molecule has 0 saturated carbocycles. The highest BCUT2D eigenvalue weighted by Gasteiger charge is 2.20. The molecule has 0 amide bonds. The fraction of sp³-hybridized carbons (Fsp3) is 0.167. The molecule has 2 N–H and O–H groups in total. The zero-order valence-corrected chi connectivity index (χ0v) is 13.3. The Kier molecular flexibility index (Phi) is 3.03. The van der Waals surface area contributed by atoms with Gasteiger partial charge in [-0.25, -0.2) is 0 Å². The predicted molar refractivity (Wildman–Crippen MR) is 91.9 cm³/mol. The number of hydrogen-bond donors (Lipinski definition) is 2. The maximum absolute atomic E-state index is 12.9. The Bertz CT molecular complexity index is 1140. The SMILES string of the molecule is CC(C)c1c(-c2cc3ccccc3[nH]2)[nH]c2c(C#N)cnn2c1=O. The van der Waals surface area contributed by atoms with Crippen LogP contribution in [0.3, 0.4) is 0 Å². The van der Waals surface area contributed by atoms with Crippen LogP contribution in [0.2, 0.25) is 0 Å². The fourth-order valence-electron chi connectivity index (χ4n) is 3.07. The molecule has 0 spiro atoms. The van der Waals surface area contributed by atoms with Gasteiger partial charge < -0.3 is 9.97 Å². The van der Waals surface area contributed by atoms with E-state index in [2.05, 4.69) is 21.1 Å². The van der Waals surface area contributed by atoms with Gasteiger partial charge in [0.1, 0.15) is 11.6 Å². The minimum Gasteiger partial charge on any atom is -0.353 e. The molecule has 3 heterocycles. The highest BCUT2D eigenvalue weighted by atomic mass is 16.1. The Hall–Kier alpha value is -3.33. The van der Waals surface area contributed by atoms with Crippen molar-refractivity contribution in [3.05, 3.63) is 58.0 Å². The van der Waals surface area contributed by atoms with Crippen molar-refractivity contribution in [2.45, 2.75) is 19.8 Å². The Balaban J connectivity index is 2.11. The lowest BCUT2D eigenvalue weighted by molar-refractivity contribution is 0.797. The van der Waals surface area contributed by atoms with E-state index in [1.54, 1.807) is 0 Å². The van der Waals surface area contributed by atoms with Crippen molar-refractivity contribution in [3.8, 4) is 17.5 Å². The summed E-state index contributed by atoms with van der Waals surface area (Å²) in [5.41, 5.74) is 3.73. The van der Waals surface area contributed by atoms with Crippen molar-refractivity contribution in [1.29, 1.82) is 5.26 Å². The second-order valence-corrected chi connectivity index (χ2v) is 6.07. The molecule has 0 unspecified atom stereocenters. The number of aromatic amines is 2. The number of H-pyrrole nitrogens is 2. The van der Waals surface area contributed by atoms with Gasteiger partial charge in [-0.1, -0.05) is 32.0 Å². The normalized spacial score (nSPS) is 11.4. The van der Waals surface area contributed by atoms with Crippen molar-refractivity contribution < 1.29 is 0 Å². The fourth-order valence-corrected chi connectivity index (χ4v) is 3.07. The quantitative estimate of drug-likeness (QED) is 0.595. The van der Waals surface area contributed by atoms with Crippen molar-refractivity contribution >= 4 is 16.6 Å². The Morgan fingerprint density at radius 2 is 2.04 bits per heavy atom. The van der Waals surface area contributed by atoms with Gasteiger partial charge in [-0.2, -0.15) is 14.9 Å². The summed E-state index contributed by atoms with van der Waals surface area (Å²) in [7, 11) is 0. The minimum absolute atomic E-state index is 0.00861. The summed E-state index contributed by atoms with van der Waals surface area (Å²) in [6.07, 6.45) is 1.41. The van der Waals surface area contributed by atoms with Gasteiger partial charge in [0.25, 0.3) is 5.56 Å². The zero-order valence-electron chi connectivity index (χ0n) is 13.3. The molecule has 0 saturated heterocycles. The molecule has 6 heteroatoms. The molecule has 0 radical (unpaired) electrons. The molecule has 4 aromatic rings. The summed E-state index contributed by atoms with van der Waals surface area (Å²) in [5, 5.41) is 14.4. The molecule has 6 nitrogen and oxygen atoms in total. The smallest absolute Gasteiger partial charge is 0.278 e. The Labute approximate surface area is 137 Å². The number of rotatable bonds is 2. The van der Waals surface area contributed by atoms with Crippen LogP contribution in [-0.2, 0) is 0 Å². The van der Waals surface area contributed by atoms with Crippen LogP contribution in [0.25, 0.3) is 27.9 Å². The number of benzene rings is 1. The highest BCUT2D eigenvalue weighted by molar-refractivity contribution is 5.86. The molecule has 0 aliphatic rings. The summed E-state index contributed by atoms with van der Waals surface area (Å²) >= 11 is 0. The molecular formula is C18H15N5O. The molecule has 4 rings (SSSR count). The average Bonchev–Trinajstić information content (AvgIpc) is 3.17. The number of fused-ring (bicyclic) bond motifs is 2. The second kappa shape index (κ2) is 5.10. The van der Waals surface area contributed by atoms with Crippen LogP contribution >= 0.6 is 0 Å². The molecule has 3 aromatic heterocycles. The third-order valence-electron chi connectivity index (χ3n) is 4.20. The number of para-hydroxylation sites is 1. The van der Waals surface area contributed by atoms with Gasteiger partial charge in [-0.05, 0) is 18.1 Å². The van der Waals surface area contributed by atoms with Crippen LogP contribution in [0.1, 0.15) is 30.9 Å². The molecule has 24 heavy (non-hydrogen) atoms. The molecule has 0 fully saturated rings. The Morgan fingerprint density at radius 1 is 1.25 bits per heavy atom. The van der Waals surface area contributed by atoms with Gasteiger partial charge in [0.2, 0.25) is 0 Å². The molecule has 1 aromatic carbocycles. The first-order valence-corrected chi connectivity index (χ1v) is 7.72. The van der Waals surface area contributed by atoms with Crippen LogP contribution in [-0.4, -0.2) is 19.6 Å². The van der Waals surface area contributed by atoms with E-state index in [1.165, 1.54) is 10.7 Å². The van der Waals surface area contributed by atoms with Crippen LogP contribution in [0.15, 0.2) is 41.3 Å². The van der Waals surface area contributed by atoms with Gasteiger partial charge in [-0.15, -0.1) is 0 Å². The molecule has 0 bridgehead atoms. The van der Waals surface area contributed by atoms with Crippen LogP contribution < -0.4 is 5.56 Å². The zero-order chi connectivity index (χ0) is 16.8. The topological polar surface area (TPSA) is 89.7 Å². The first-order valence-electron chi connectivity index (χ1n) is 7.72. The molecule has 0 aliphatic heterocycles. The van der Waals surface area contributed by atoms with E-state index < -0.39 is 0 Å². The summed E-state index contributed by atoms with van der Waals surface area (Å²) in [5.74, 6) is 0.00861. The van der Waals surface area contributed by atoms with E-state index >= 15 is 0 Å². The van der Waals surface area contributed by atoms with Gasteiger partial charge in [0.15, 0.2) is 5.65 Å². The lowest BCUT2D eigenvalue weighted by Crippen LogP contribution is -2.22. The second-order valence-electron chi connectivity index (χ2n) is 6.07. The molecular weight excluding hydrogens is 302 g/mol. The number of hydrogen-bond acceptors (Lipinski definition) is 3. The van der Waals surface area contributed by atoms with Gasteiger partial charge in [-0.3, -0.25) is 4.79 Å². The molecule has 0 aliphatic carbocycles. The average molecular weight is 317 g/mol. The third kappa shape index (κ3) is 1.95. The predicted octanol–water partition coefficient (Wildman–Crippen LogP) is 3.17. The lowest BCUT2D eigenvalue weighted by Gasteiger charge is -2.11. The minimum atomic E-state index is -0.200. The van der Waals surface area contributed by atoms with Crippen LogP contribution in [0, 0.1) is 11.3 Å². The first-order chi connectivity index (χ1) is 11.6. The van der Waals surface area contributed by atoms with Crippen molar-refractivity contribution in [2.24, 2.45) is 0 Å². The van der Waals surface area contributed by atoms with Gasteiger partial charge >= 0.3 is 0 Å². The van der Waals surface area contributed by atoms with Gasteiger partial charge in [0.05, 0.1) is 17.6 Å². The number of nitrogens with one attached hydrogen (secondary N) is 2. The van der Waals surface area contributed by atoms with Crippen molar-refractivity contribution in [2.75, 3.05) is 0 Å². The lowest BCUT2D eigenvalue weighted by atomic mass is 10.0. The highest BCUT2D eigenvalue weighted by Crippen LogP contribution is 2.28. The molecule has 0 atom stereocenters. The largest absolute Gasteiger partial charge is 0.353 e. The number of aromatic nitrogens is 4. The summed E-state index contributed by atoms with van der Waals surface area (Å²) in [6.45, 7) is 3.94. The third-order valence-corrected chi connectivity index (χ3v) is 4.20. The maximum Gasteiger partial charge on any atom is 0.278 e. The van der Waals surface area contributed by atoms with Gasteiger partial charge in [0, 0.05) is 16.5 Å². The van der Waals surface area contributed by atoms with E-state index in [9.17, 15) is 10.1 Å². The van der Waals surface area contributed by atoms with Crippen LogP contribution in [0.5, 0.6) is 0 Å². The van der Waals surface area contributed by atoms with E-state index in [0.29, 0.717) is 22.5 Å². The first kappa shape index (κ1) is 14.3. The monoisotopic (exact) mass is 317 g/mol. The van der Waals surface area contributed by atoms with Crippen LogP contribution in [0.4, 0.5) is 0 Å². The van der Waals surface area contributed by atoms with Crippen molar-refractivity contribution in [3.63, 3.8) is 0 Å². The van der Waals surface area contributed by atoms with E-state index in [4.69, 9.17) is 0 Å². The van der Waals surface area contributed by atoms with E-state index in [-0.39, 0.29) is 11.5 Å².